The van der Waals surface area contributed by atoms with Crippen molar-refractivity contribution in [3.05, 3.63) is 69.6 Å². The second-order valence-corrected chi connectivity index (χ2v) is 8.14. The van der Waals surface area contributed by atoms with Crippen LogP contribution in [0.5, 0.6) is 5.75 Å². The number of nitrogens with one attached hydrogen (secondary N) is 1. The first kappa shape index (κ1) is 21.8. The summed E-state index contributed by atoms with van der Waals surface area (Å²) >= 11 is 12.1. The first-order chi connectivity index (χ1) is 14.3. The standard InChI is InChI=1S/C20H15ClN2O5S2/c21-14-6-4-13(5-7-14)18(26)22-23-19(27)16(30-20(23)29)11-12-2-1-3-15(10-12)28-9-8-17(24)25/h1-7,10-11H,8-9H2,(H,22,26)(H,24,25)/b16-11+. The van der Waals surface area contributed by atoms with Crippen LogP contribution in [-0.4, -0.2) is 38.8 Å². The average molecular weight is 463 g/mol. The van der Waals surface area contributed by atoms with E-state index in [2.05, 4.69) is 5.43 Å². The predicted octanol–water partition coefficient (Wildman–Crippen LogP) is 3.74. The summed E-state index contributed by atoms with van der Waals surface area (Å²) in [6.07, 6.45) is 1.51. The van der Waals surface area contributed by atoms with Gasteiger partial charge in [0.1, 0.15) is 5.75 Å². The lowest BCUT2D eigenvalue weighted by atomic mass is 10.2. The van der Waals surface area contributed by atoms with E-state index in [4.69, 9.17) is 33.7 Å². The maximum atomic E-state index is 12.7. The topological polar surface area (TPSA) is 95.9 Å². The van der Waals surface area contributed by atoms with Gasteiger partial charge in [0.2, 0.25) is 0 Å². The van der Waals surface area contributed by atoms with Gasteiger partial charge >= 0.3 is 5.97 Å². The Labute approximate surface area is 186 Å². The Hall–Kier alpha value is -2.88. The third-order valence-electron chi connectivity index (χ3n) is 3.85. The van der Waals surface area contributed by atoms with Crippen LogP contribution in [0.1, 0.15) is 22.3 Å². The van der Waals surface area contributed by atoms with Crippen LogP contribution in [0.3, 0.4) is 0 Å². The highest BCUT2D eigenvalue weighted by Gasteiger charge is 2.33. The number of hydrazine groups is 1. The van der Waals surface area contributed by atoms with E-state index in [0.29, 0.717) is 26.8 Å². The molecule has 0 radical (unpaired) electrons. The number of halogens is 1. The van der Waals surface area contributed by atoms with E-state index < -0.39 is 17.8 Å². The normalized spacial score (nSPS) is 14.8. The average Bonchev–Trinajstić information content (AvgIpc) is 2.96. The Morgan fingerprint density at radius 2 is 1.97 bits per heavy atom. The van der Waals surface area contributed by atoms with E-state index in [0.717, 1.165) is 16.8 Å². The minimum absolute atomic E-state index is 0.0393. The molecule has 0 bridgehead atoms. The van der Waals surface area contributed by atoms with Crippen molar-refractivity contribution < 1.29 is 24.2 Å². The number of aliphatic carboxylic acids is 1. The molecule has 0 atom stereocenters. The molecule has 0 spiro atoms. The van der Waals surface area contributed by atoms with Crippen molar-refractivity contribution in [1.82, 2.24) is 10.4 Å². The van der Waals surface area contributed by atoms with Crippen LogP contribution in [0, 0.1) is 0 Å². The highest BCUT2D eigenvalue weighted by atomic mass is 35.5. The largest absolute Gasteiger partial charge is 0.493 e. The third kappa shape index (κ3) is 5.59. The van der Waals surface area contributed by atoms with E-state index in [1.54, 1.807) is 54.6 Å². The van der Waals surface area contributed by atoms with E-state index in [9.17, 15) is 14.4 Å². The zero-order valence-corrected chi connectivity index (χ0v) is 17.7. The first-order valence-corrected chi connectivity index (χ1v) is 10.2. The number of thioether (sulfide) groups is 1. The molecule has 2 aromatic rings. The lowest BCUT2D eigenvalue weighted by Gasteiger charge is -2.15. The van der Waals surface area contributed by atoms with Gasteiger partial charge in [-0.2, -0.15) is 5.01 Å². The van der Waals surface area contributed by atoms with Crippen LogP contribution >= 0.6 is 35.6 Å². The molecule has 10 heteroatoms. The number of ether oxygens (including phenoxy) is 1. The van der Waals surface area contributed by atoms with Crippen molar-refractivity contribution in [2.24, 2.45) is 0 Å². The lowest BCUT2D eigenvalue weighted by Crippen LogP contribution is -2.44. The number of thiocarbonyl (C=S) groups is 1. The highest BCUT2D eigenvalue weighted by molar-refractivity contribution is 8.26. The second-order valence-electron chi connectivity index (χ2n) is 6.03. The molecule has 0 aliphatic carbocycles. The Morgan fingerprint density at radius 3 is 2.67 bits per heavy atom. The van der Waals surface area contributed by atoms with Crippen molar-refractivity contribution in [2.45, 2.75) is 6.42 Å². The summed E-state index contributed by atoms with van der Waals surface area (Å²) < 4.78 is 5.59. The maximum absolute atomic E-state index is 12.7. The van der Waals surface area contributed by atoms with E-state index in [1.807, 2.05) is 0 Å². The molecule has 0 saturated carbocycles. The van der Waals surface area contributed by atoms with Crippen molar-refractivity contribution in [1.29, 1.82) is 0 Å². The zero-order chi connectivity index (χ0) is 21.7. The highest BCUT2D eigenvalue weighted by Crippen LogP contribution is 2.32. The molecule has 0 unspecified atom stereocenters. The predicted molar refractivity (Wildman–Crippen MR) is 118 cm³/mol. The number of nitrogens with zero attached hydrogens (tertiary/aromatic N) is 1. The van der Waals surface area contributed by atoms with Crippen LogP contribution in [0.4, 0.5) is 0 Å². The number of hydrogen-bond donors (Lipinski definition) is 2. The van der Waals surface area contributed by atoms with Crippen LogP contribution in [-0.2, 0) is 9.59 Å². The number of rotatable bonds is 7. The summed E-state index contributed by atoms with van der Waals surface area (Å²) in [5.74, 6) is -1.41. The smallest absolute Gasteiger partial charge is 0.306 e. The fourth-order valence-corrected chi connectivity index (χ4v) is 3.74. The van der Waals surface area contributed by atoms with Crippen LogP contribution in [0.25, 0.3) is 6.08 Å². The Balaban J connectivity index is 1.69. The SMILES string of the molecule is O=C(O)CCOc1cccc(/C=C2/SC(=S)N(NC(=O)c3ccc(Cl)cc3)C2=O)c1. The molecule has 3 rings (SSSR count). The molecule has 7 nitrogen and oxygen atoms in total. The van der Waals surface area contributed by atoms with Gasteiger partial charge in [0.05, 0.1) is 17.9 Å². The molecular formula is C20H15ClN2O5S2. The van der Waals surface area contributed by atoms with Gasteiger partial charge < -0.3 is 9.84 Å². The first-order valence-electron chi connectivity index (χ1n) is 8.62. The van der Waals surface area contributed by atoms with Gasteiger partial charge in [-0.1, -0.05) is 35.5 Å². The Kier molecular flexibility index (Phi) is 7.09. The van der Waals surface area contributed by atoms with Crippen molar-refractivity contribution in [3.63, 3.8) is 0 Å². The van der Waals surface area contributed by atoms with Crippen LogP contribution in [0.15, 0.2) is 53.4 Å². The van der Waals surface area contributed by atoms with Gasteiger partial charge in [0, 0.05) is 10.6 Å². The minimum atomic E-state index is -0.949. The molecule has 154 valence electrons. The third-order valence-corrected chi connectivity index (χ3v) is 5.41. The fraction of sp³-hybridized carbons (Fsp3) is 0.100. The summed E-state index contributed by atoms with van der Waals surface area (Å²) in [6.45, 7) is 0.0393. The second kappa shape index (κ2) is 9.75. The zero-order valence-electron chi connectivity index (χ0n) is 15.3. The summed E-state index contributed by atoms with van der Waals surface area (Å²) in [4.78, 5) is 36.0. The number of benzene rings is 2. The molecule has 1 heterocycles. The molecule has 2 aromatic carbocycles. The molecule has 2 N–H and O–H groups in total. The molecule has 0 aromatic heterocycles. The van der Waals surface area contributed by atoms with Gasteiger partial charge in [0.15, 0.2) is 4.32 Å². The Morgan fingerprint density at radius 1 is 1.23 bits per heavy atom. The summed E-state index contributed by atoms with van der Waals surface area (Å²) in [7, 11) is 0. The number of carbonyl (C=O) groups excluding carboxylic acids is 2. The summed E-state index contributed by atoms with van der Waals surface area (Å²) in [5, 5.41) is 10.2. The van der Waals surface area contributed by atoms with E-state index >= 15 is 0 Å². The summed E-state index contributed by atoms with van der Waals surface area (Å²) in [6, 6.07) is 13.1. The lowest BCUT2D eigenvalue weighted by molar-refractivity contribution is -0.137. The van der Waals surface area contributed by atoms with Crippen molar-refractivity contribution in [3.8, 4) is 5.75 Å². The molecule has 1 aliphatic heterocycles. The molecule has 2 amide bonds. The van der Waals surface area contributed by atoms with Gasteiger partial charge in [0.25, 0.3) is 11.8 Å². The van der Waals surface area contributed by atoms with Crippen molar-refractivity contribution in [2.75, 3.05) is 6.61 Å². The molecular weight excluding hydrogens is 448 g/mol. The number of hydrogen-bond acceptors (Lipinski definition) is 6. The molecule has 1 fully saturated rings. The summed E-state index contributed by atoms with van der Waals surface area (Å²) in [5.41, 5.74) is 3.51. The minimum Gasteiger partial charge on any atom is -0.493 e. The Bertz CT molecular complexity index is 1040. The molecule has 30 heavy (non-hydrogen) atoms. The fourth-order valence-electron chi connectivity index (χ4n) is 2.43. The molecule has 1 saturated heterocycles. The number of carboxylic acids is 1. The van der Waals surface area contributed by atoms with Crippen LogP contribution < -0.4 is 10.2 Å². The van der Waals surface area contributed by atoms with Gasteiger partial charge in [-0.05, 0) is 60.3 Å². The van der Waals surface area contributed by atoms with Gasteiger partial charge in [-0.15, -0.1) is 0 Å². The van der Waals surface area contributed by atoms with Crippen LogP contribution in [0.2, 0.25) is 5.02 Å². The number of carboxylic acid groups (broad SMARTS) is 1. The number of carbonyl (C=O) groups is 3. The monoisotopic (exact) mass is 462 g/mol. The van der Waals surface area contributed by atoms with Crippen molar-refractivity contribution >= 4 is 63.8 Å². The van der Waals surface area contributed by atoms with E-state index in [1.165, 1.54) is 0 Å². The molecule has 1 aliphatic rings. The van der Waals surface area contributed by atoms with E-state index in [-0.39, 0.29) is 17.3 Å². The maximum Gasteiger partial charge on any atom is 0.306 e. The van der Waals surface area contributed by atoms with Gasteiger partial charge in [-0.3, -0.25) is 19.8 Å². The quantitative estimate of drug-likeness (QED) is 0.478. The van der Waals surface area contributed by atoms with Gasteiger partial charge in [-0.25, -0.2) is 0 Å². The number of amides is 2.